The summed E-state index contributed by atoms with van der Waals surface area (Å²) in [6.07, 6.45) is 1.57. The Morgan fingerprint density at radius 3 is 2.07 bits per heavy atom. The van der Waals surface area contributed by atoms with Crippen LogP contribution in [0.25, 0.3) is 0 Å². The van der Waals surface area contributed by atoms with Gasteiger partial charge in [-0.05, 0) is 91.0 Å². The summed E-state index contributed by atoms with van der Waals surface area (Å²) >= 11 is 3.34. The SMILES string of the molecule is CCOc1cc(/C=N\NC(=O)[C@H](CC(C)C)NS(=O)(=O)c2ccc(C)cc2)cc(Br)c1OS(=O)(=O)c1ccc(C)cc1. The highest BCUT2D eigenvalue weighted by atomic mass is 79.9. The van der Waals surface area contributed by atoms with Gasteiger partial charge in [0.25, 0.3) is 5.91 Å². The first-order valence-corrected chi connectivity index (χ1v) is 16.8. The second-order valence-corrected chi connectivity index (χ2v) is 14.1. The Balaban J connectivity index is 1.79. The number of nitrogens with one attached hydrogen (secondary N) is 2. The van der Waals surface area contributed by atoms with Crippen LogP contribution < -0.4 is 19.1 Å². The molecule has 1 amide bonds. The van der Waals surface area contributed by atoms with Crippen LogP contribution in [0.5, 0.6) is 11.5 Å². The second kappa shape index (κ2) is 14.3. The molecule has 0 aliphatic carbocycles. The number of sulfonamides is 1. The lowest BCUT2D eigenvalue weighted by Crippen LogP contribution is -2.46. The molecule has 0 saturated heterocycles. The summed E-state index contributed by atoms with van der Waals surface area (Å²) in [5, 5.41) is 3.99. The number of amides is 1. The minimum Gasteiger partial charge on any atom is -0.490 e. The van der Waals surface area contributed by atoms with Gasteiger partial charge in [0.2, 0.25) is 10.0 Å². The average molecular weight is 681 g/mol. The van der Waals surface area contributed by atoms with Crippen molar-refractivity contribution in [2.24, 2.45) is 11.0 Å². The lowest BCUT2D eigenvalue weighted by Gasteiger charge is -2.19. The fourth-order valence-corrected chi connectivity index (χ4v) is 6.58. The maximum absolute atomic E-state index is 13.0. The van der Waals surface area contributed by atoms with Crippen LogP contribution in [0.15, 0.2) is 80.0 Å². The Morgan fingerprint density at radius 2 is 1.52 bits per heavy atom. The maximum Gasteiger partial charge on any atom is 0.339 e. The lowest BCUT2D eigenvalue weighted by molar-refractivity contribution is -0.123. The Hall–Kier alpha value is -3.26. The normalized spacial score (nSPS) is 12.8. The molecule has 0 aliphatic heterocycles. The molecule has 3 aromatic rings. The summed E-state index contributed by atoms with van der Waals surface area (Å²) in [5.41, 5.74) is 4.65. The first-order chi connectivity index (χ1) is 19.7. The number of hydrogen-bond donors (Lipinski definition) is 2. The van der Waals surface area contributed by atoms with Gasteiger partial charge < -0.3 is 8.92 Å². The minimum absolute atomic E-state index is 0.00949. The van der Waals surface area contributed by atoms with Gasteiger partial charge in [-0.3, -0.25) is 4.79 Å². The molecule has 0 aromatic heterocycles. The number of rotatable bonds is 13. The van der Waals surface area contributed by atoms with E-state index in [2.05, 4.69) is 31.2 Å². The van der Waals surface area contributed by atoms with Crippen LogP contribution in [0.1, 0.15) is 43.9 Å². The van der Waals surface area contributed by atoms with Crippen molar-refractivity contribution >= 4 is 48.2 Å². The number of carbonyl (C=O) groups excluding carboxylic acids is 1. The Bertz CT molecular complexity index is 1640. The predicted molar refractivity (Wildman–Crippen MR) is 165 cm³/mol. The molecule has 0 bridgehead atoms. The van der Waals surface area contributed by atoms with Gasteiger partial charge in [-0.1, -0.05) is 49.2 Å². The molecule has 3 rings (SSSR count). The molecule has 13 heteroatoms. The van der Waals surface area contributed by atoms with Gasteiger partial charge in [-0.15, -0.1) is 0 Å². The Morgan fingerprint density at radius 1 is 0.952 bits per heavy atom. The van der Waals surface area contributed by atoms with E-state index in [-0.39, 0.29) is 44.7 Å². The molecule has 0 heterocycles. The van der Waals surface area contributed by atoms with E-state index in [9.17, 15) is 21.6 Å². The number of nitrogens with zero attached hydrogens (tertiary/aromatic N) is 1. The highest BCUT2D eigenvalue weighted by Gasteiger charge is 2.27. The zero-order valence-electron chi connectivity index (χ0n) is 23.9. The summed E-state index contributed by atoms with van der Waals surface area (Å²) in [6.45, 7) is 9.40. The van der Waals surface area contributed by atoms with Gasteiger partial charge in [0.15, 0.2) is 11.5 Å². The van der Waals surface area contributed by atoms with Crippen LogP contribution in [0.4, 0.5) is 0 Å². The first-order valence-electron chi connectivity index (χ1n) is 13.1. The number of aryl methyl sites for hydroxylation is 2. The maximum atomic E-state index is 13.0. The van der Waals surface area contributed by atoms with Gasteiger partial charge in [-0.25, -0.2) is 13.8 Å². The van der Waals surface area contributed by atoms with Gasteiger partial charge in [0, 0.05) is 0 Å². The van der Waals surface area contributed by atoms with Crippen LogP contribution in [-0.4, -0.2) is 41.6 Å². The van der Waals surface area contributed by atoms with Crippen LogP contribution in [0, 0.1) is 19.8 Å². The standard InChI is InChI=1S/C29H34BrN3O7S2/c1-6-39-27-17-22(16-25(30)28(27)40-42(37,38)24-13-9-21(5)10-14-24)18-31-32-29(34)26(15-19(2)3)33-41(35,36)23-11-7-20(4)8-12-23/h7-14,16-19,26,33H,6,15H2,1-5H3,(H,32,34)/b31-18-/t26-/m0/s1. The summed E-state index contributed by atoms with van der Waals surface area (Å²) in [6, 6.07) is 14.6. The quantitative estimate of drug-likeness (QED) is 0.146. The van der Waals surface area contributed by atoms with E-state index in [0.29, 0.717) is 5.56 Å². The van der Waals surface area contributed by atoms with Crippen molar-refractivity contribution in [1.82, 2.24) is 10.1 Å². The molecule has 0 radical (unpaired) electrons. The number of hydrogen-bond acceptors (Lipinski definition) is 8. The van der Waals surface area contributed by atoms with Gasteiger partial charge >= 0.3 is 10.1 Å². The summed E-state index contributed by atoms with van der Waals surface area (Å²) in [7, 11) is -8.10. The van der Waals surface area contributed by atoms with Gasteiger partial charge in [0.1, 0.15) is 10.9 Å². The highest BCUT2D eigenvalue weighted by molar-refractivity contribution is 9.10. The monoisotopic (exact) mass is 679 g/mol. The molecular formula is C29H34BrN3O7S2. The van der Waals surface area contributed by atoms with Crippen molar-refractivity contribution in [1.29, 1.82) is 0 Å². The molecule has 10 nitrogen and oxygen atoms in total. The fraction of sp³-hybridized carbons (Fsp3) is 0.310. The molecule has 1 atom stereocenters. The van der Waals surface area contributed by atoms with Crippen molar-refractivity contribution in [3.8, 4) is 11.5 Å². The third kappa shape index (κ3) is 9.12. The van der Waals surface area contributed by atoms with Gasteiger partial charge in [-0.2, -0.15) is 18.2 Å². The van der Waals surface area contributed by atoms with Crippen LogP contribution in [0.3, 0.4) is 0 Å². The number of halogens is 1. The van der Waals surface area contributed by atoms with Crippen LogP contribution >= 0.6 is 15.9 Å². The Labute approximate surface area is 255 Å². The van der Waals surface area contributed by atoms with E-state index in [0.717, 1.165) is 11.1 Å². The smallest absolute Gasteiger partial charge is 0.339 e. The van der Waals surface area contributed by atoms with Crippen molar-refractivity contribution in [2.75, 3.05) is 6.61 Å². The zero-order chi connectivity index (χ0) is 31.1. The molecule has 226 valence electrons. The fourth-order valence-electron chi connectivity index (χ4n) is 3.77. The first kappa shape index (κ1) is 33.2. The average Bonchev–Trinajstić information content (AvgIpc) is 2.90. The molecular weight excluding hydrogens is 646 g/mol. The summed E-state index contributed by atoms with van der Waals surface area (Å²) in [4.78, 5) is 13.0. The Kier molecular flexibility index (Phi) is 11.3. The van der Waals surface area contributed by atoms with Gasteiger partial charge in [0.05, 0.1) is 22.2 Å². The molecule has 0 spiro atoms. The van der Waals surface area contributed by atoms with E-state index < -0.39 is 32.1 Å². The molecule has 0 saturated carbocycles. The molecule has 0 unspecified atom stereocenters. The van der Waals surface area contributed by atoms with E-state index in [1.807, 2.05) is 27.7 Å². The molecule has 42 heavy (non-hydrogen) atoms. The molecule has 2 N–H and O–H groups in total. The molecule has 0 fully saturated rings. The number of benzene rings is 3. The van der Waals surface area contributed by atoms with Crippen LogP contribution in [-0.2, 0) is 24.9 Å². The number of ether oxygens (including phenoxy) is 1. The predicted octanol–water partition coefficient (Wildman–Crippen LogP) is 5.08. The largest absolute Gasteiger partial charge is 0.490 e. The van der Waals surface area contributed by atoms with E-state index in [4.69, 9.17) is 8.92 Å². The van der Waals surface area contributed by atoms with E-state index >= 15 is 0 Å². The third-order valence-electron chi connectivity index (χ3n) is 5.88. The summed E-state index contributed by atoms with van der Waals surface area (Å²) in [5.74, 6) is -0.525. The van der Waals surface area contributed by atoms with Crippen molar-refractivity contribution < 1.29 is 30.6 Å². The van der Waals surface area contributed by atoms with Crippen molar-refractivity contribution in [2.45, 2.75) is 56.9 Å². The topological polar surface area (TPSA) is 140 Å². The summed E-state index contributed by atoms with van der Waals surface area (Å²) < 4.78 is 65.4. The number of carbonyl (C=O) groups is 1. The lowest BCUT2D eigenvalue weighted by atomic mass is 10.0. The zero-order valence-corrected chi connectivity index (χ0v) is 27.1. The van der Waals surface area contributed by atoms with E-state index in [1.165, 1.54) is 36.5 Å². The molecule has 3 aromatic carbocycles. The molecule has 0 aliphatic rings. The van der Waals surface area contributed by atoms with E-state index in [1.54, 1.807) is 37.3 Å². The third-order valence-corrected chi connectivity index (χ3v) is 9.19. The number of hydrazone groups is 1. The van der Waals surface area contributed by atoms with Crippen molar-refractivity contribution in [3.05, 3.63) is 81.8 Å². The van der Waals surface area contributed by atoms with Crippen LogP contribution in [0.2, 0.25) is 0 Å². The second-order valence-electron chi connectivity index (χ2n) is 9.96. The minimum atomic E-state index is -4.15. The highest BCUT2D eigenvalue weighted by Crippen LogP contribution is 2.38. The van der Waals surface area contributed by atoms with Crippen molar-refractivity contribution in [3.63, 3.8) is 0 Å².